The zero-order valence-electron chi connectivity index (χ0n) is 13.4. The Balaban J connectivity index is 1.74. The Morgan fingerprint density at radius 1 is 1.30 bits per heavy atom. The van der Waals surface area contributed by atoms with Crippen LogP contribution in [0.25, 0.3) is 0 Å². The summed E-state index contributed by atoms with van der Waals surface area (Å²) in [4.78, 5) is 23.2. The van der Waals surface area contributed by atoms with Gasteiger partial charge in [-0.2, -0.15) is 0 Å². The summed E-state index contributed by atoms with van der Waals surface area (Å²) in [6, 6.07) is 7.70. The lowest BCUT2D eigenvalue weighted by Crippen LogP contribution is -2.37. The first kappa shape index (κ1) is 15.8. The van der Waals surface area contributed by atoms with Crippen LogP contribution in [-0.2, 0) is 11.2 Å². The molecule has 0 bridgehead atoms. The van der Waals surface area contributed by atoms with Gasteiger partial charge in [0.1, 0.15) is 0 Å². The Kier molecular flexibility index (Phi) is 4.52. The van der Waals surface area contributed by atoms with Gasteiger partial charge in [0.2, 0.25) is 5.91 Å². The summed E-state index contributed by atoms with van der Waals surface area (Å²) in [5.74, 6) is 0.404. The van der Waals surface area contributed by atoms with E-state index in [9.17, 15) is 4.79 Å². The standard InChI is InChI=1S/C17H20N4OS/c1-11-9-12(2)20-17(19-11)23-10-16(22)21-8-4-5-13-14(18)6-3-7-15(13)21/h3,6-7,9H,4-5,8,10,18H2,1-2H3. The molecule has 0 spiro atoms. The van der Waals surface area contributed by atoms with E-state index in [2.05, 4.69) is 9.97 Å². The van der Waals surface area contributed by atoms with Crippen molar-refractivity contribution in [3.05, 3.63) is 41.2 Å². The number of aryl methyl sites for hydroxylation is 2. The molecule has 0 fully saturated rings. The van der Waals surface area contributed by atoms with Gasteiger partial charge >= 0.3 is 0 Å². The average Bonchev–Trinajstić information content (AvgIpc) is 2.52. The van der Waals surface area contributed by atoms with Gasteiger partial charge in [-0.3, -0.25) is 4.79 Å². The highest BCUT2D eigenvalue weighted by molar-refractivity contribution is 7.99. The zero-order chi connectivity index (χ0) is 16.4. The second-order valence-corrected chi connectivity index (χ2v) is 6.66. The molecule has 23 heavy (non-hydrogen) atoms. The molecule has 1 aromatic heterocycles. The van der Waals surface area contributed by atoms with Crippen LogP contribution < -0.4 is 10.6 Å². The fourth-order valence-electron chi connectivity index (χ4n) is 2.87. The van der Waals surface area contributed by atoms with Crippen LogP contribution in [0.5, 0.6) is 0 Å². The molecule has 0 radical (unpaired) electrons. The highest BCUT2D eigenvalue weighted by Crippen LogP contribution is 2.31. The van der Waals surface area contributed by atoms with E-state index < -0.39 is 0 Å². The van der Waals surface area contributed by atoms with E-state index >= 15 is 0 Å². The topological polar surface area (TPSA) is 72.1 Å². The summed E-state index contributed by atoms with van der Waals surface area (Å²) < 4.78 is 0. The number of benzene rings is 1. The molecule has 0 saturated carbocycles. The number of carbonyl (C=O) groups excluding carboxylic acids is 1. The van der Waals surface area contributed by atoms with Gasteiger partial charge in [-0.1, -0.05) is 17.8 Å². The fraction of sp³-hybridized carbons (Fsp3) is 0.353. The molecule has 2 aromatic rings. The average molecular weight is 328 g/mol. The minimum absolute atomic E-state index is 0.0734. The molecule has 0 aliphatic carbocycles. The maximum Gasteiger partial charge on any atom is 0.237 e. The molecule has 1 aromatic carbocycles. The molecule has 2 N–H and O–H groups in total. The van der Waals surface area contributed by atoms with E-state index in [1.807, 2.05) is 43.0 Å². The van der Waals surface area contributed by atoms with Crippen molar-refractivity contribution in [2.24, 2.45) is 0 Å². The number of anilines is 2. The molecule has 3 rings (SSSR count). The molecule has 1 aliphatic rings. The lowest BCUT2D eigenvalue weighted by molar-refractivity contribution is -0.116. The predicted molar refractivity (Wildman–Crippen MR) is 93.8 cm³/mol. The highest BCUT2D eigenvalue weighted by Gasteiger charge is 2.23. The first-order valence-corrected chi connectivity index (χ1v) is 8.66. The number of hydrogen-bond donors (Lipinski definition) is 1. The van der Waals surface area contributed by atoms with E-state index in [1.54, 1.807) is 0 Å². The number of hydrogen-bond acceptors (Lipinski definition) is 5. The third-order valence-corrected chi connectivity index (χ3v) is 4.71. The first-order valence-electron chi connectivity index (χ1n) is 7.67. The summed E-state index contributed by atoms with van der Waals surface area (Å²) in [5.41, 5.74) is 10.7. The number of thioether (sulfide) groups is 1. The van der Waals surface area contributed by atoms with Crippen molar-refractivity contribution in [2.45, 2.75) is 31.8 Å². The van der Waals surface area contributed by atoms with Gasteiger partial charge < -0.3 is 10.6 Å². The van der Waals surface area contributed by atoms with Gasteiger partial charge in [-0.05, 0) is 50.5 Å². The number of fused-ring (bicyclic) bond motifs is 1. The van der Waals surface area contributed by atoms with E-state index in [4.69, 9.17) is 5.73 Å². The van der Waals surface area contributed by atoms with Gasteiger partial charge in [0.15, 0.2) is 5.16 Å². The Hall–Kier alpha value is -2.08. The van der Waals surface area contributed by atoms with Crippen LogP contribution in [0.3, 0.4) is 0 Å². The van der Waals surface area contributed by atoms with Gasteiger partial charge in [0.25, 0.3) is 0 Å². The number of nitrogen functional groups attached to an aromatic ring is 1. The van der Waals surface area contributed by atoms with Crippen LogP contribution >= 0.6 is 11.8 Å². The molecule has 0 saturated heterocycles. The SMILES string of the molecule is Cc1cc(C)nc(SCC(=O)N2CCCc3c(N)cccc32)n1. The number of nitrogens with zero attached hydrogens (tertiary/aromatic N) is 3. The van der Waals surface area contributed by atoms with Gasteiger partial charge in [0.05, 0.1) is 5.75 Å². The molecule has 1 aliphatic heterocycles. The molecule has 5 nitrogen and oxygen atoms in total. The van der Waals surface area contributed by atoms with E-state index in [-0.39, 0.29) is 5.91 Å². The molecule has 0 unspecified atom stereocenters. The highest BCUT2D eigenvalue weighted by atomic mass is 32.2. The normalized spacial score (nSPS) is 13.7. The molecular weight excluding hydrogens is 308 g/mol. The summed E-state index contributed by atoms with van der Waals surface area (Å²) >= 11 is 1.38. The molecule has 2 heterocycles. The van der Waals surface area contributed by atoms with E-state index in [0.717, 1.165) is 47.7 Å². The predicted octanol–water partition coefficient (Wildman–Crippen LogP) is 2.75. The molecule has 120 valence electrons. The van der Waals surface area contributed by atoms with Crippen molar-refractivity contribution in [3.8, 4) is 0 Å². The number of nitrogens with two attached hydrogens (primary N) is 1. The van der Waals surface area contributed by atoms with Crippen molar-refractivity contribution in [1.29, 1.82) is 0 Å². The minimum atomic E-state index is 0.0734. The summed E-state index contributed by atoms with van der Waals surface area (Å²) in [5, 5.41) is 0.653. The number of rotatable bonds is 3. The van der Waals surface area contributed by atoms with Crippen LogP contribution in [0.1, 0.15) is 23.4 Å². The smallest absolute Gasteiger partial charge is 0.237 e. The lowest BCUT2D eigenvalue weighted by atomic mass is 10.00. The Morgan fingerprint density at radius 3 is 2.78 bits per heavy atom. The molecular formula is C17H20N4OS. The maximum absolute atomic E-state index is 12.6. The van der Waals surface area contributed by atoms with Crippen LogP contribution in [0, 0.1) is 13.8 Å². The maximum atomic E-state index is 12.6. The van der Waals surface area contributed by atoms with Crippen LogP contribution in [-0.4, -0.2) is 28.2 Å². The monoisotopic (exact) mass is 328 g/mol. The second-order valence-electron chi connectivity index (χ2n) is 5.72. The summed E-state index contributed by atoms with van der Waals surface area (Å²) in [6.07, 6.45) is 1.87. The third-order valence-electron chi connectivity index (χ3n) is 3.87. The molecule has 0 atom stereocenters. The zero-order valence-corrected chi connectivity index (χ0v) is 14.2. The van der Waals surface area contributed by atoms with Crippen molar-refractivity contribution in [2.75, 3.05) is 22.9 Å². The summed E-state index contributed by atoms with van der Waals surface area (Å²) in [7, 11) is 0. The Bertz CT molecular complexity index is 727. The quantitative estimate of drug-likeness (QED) is 0.533. The first-order chi connectivity index (χ1) is 11.0. The number of carbonyl (C=O) groups is 1. The molecule has 1 amide bonds. The second kappa shape index (κ2) is 6.58. The molecule has 6 heteroatoms. The number of amides is 1. The lowest BCUT2D eigenvalue weighted by Gasteiger charge is -2.30. The van der Waals surface area contributed by atoms with Crippen molar-refractivity contribution in [3.63, 3.8) is 0 Å². The van der Waals surface area contributed by atoms with Crippen molar-refractivity contribution in [1.82, 2.24) is 9.97 Å². The van der Waals surface area contributed by atoms with E-state index in [1.165, 1.54) is 11.8 Å². The Labute approximate surface area is 140 Å². The van der Waals surface area contributed by atoms with E-state index in [0.29, 0.717) is 10.9 Å². The fourth-order valence-corrected chi connectivity index (χ4v) is 3.70. The van der Waals surface area contributed by atoms with Crippen LogP contribution in [0.15, 0.2) is 29.4 Å². The third kappa shape index (κ3) is 3.47. The van der Waals surface area contributed by atoms with Gasteiger partial charge in [-0.15, -0.1) is 0 Å². The van der Waals surface area contributed by atoms with Gasteiger partial charge in [0, 0.05) is 29.3 Å². The summed E-state index contributed by atoms with van der Waals surface area (Å²) in [6.45, 7) is 4.61. The minimum Gasteiger partial charge on any atom is -0.398 e. The Morgan fingerprint density at radius 2 is 2.04 bits per heavy atom. The van der Waals surface area contributed by atoms with Crippen molar-refractivity contribution >= 4 is 29.0 Å². The van der Waals surface area contributed by atoms with Gasteiger partial charge in [-0.25, -0.2) is 9.97 Å². The number of aromatic nitrogens is 2. The van der Waals surface area contributed by atoms with Crippen molar-refractivity contribution < 1.29 is 4.79 Å². The largest absolute Gasteiger partial charge is 0.398 e. The van der Waals surface area contributed by atoms with Crippen LogP contribution in [0.4, 0.5) is 11.4 Å². The van der Waals surface area contributed by atoms with Crippen LogP contribution in [0.2, 0.25) is 0 Å².